The van der Waals surface area contributed by atoms with Crippen LogP contribution in [0, 0.1) is 0 Å². The highest BCUT2D eigenvalue weighted by Crippen LogP contribution is 2.13. The Morgan fingerprint density at radius 1 is 0.889 bits per heavy atom. The van der Waals surface area contributed by atoms with E-state index in [4.69, 9.17) is 9.47 Å². The molecular weight excluding hydrogens is 460 g/mol. The zero-order valence-electron chi connectivity index (χ0n) is 21.5. The largest absolute Gasteiger partial charge is 0.497 e. The van der Waals surface area contributed by atoms with Gasteiger partial charge >= 0.3 is 12.1 Å². The smallest absolute Gasteiger partial charge is 0.410 e. The van der Waals surface area contributed by atoms with Crippen LogP contribution < -0.4 is 15.4 Å². The van der Waals surface area contributed by atoms with Crippen molar-refractivity contribution < 1.29 is 23.9 Å². The number of carbonyl (C=O) groups is 3. The molecular formula is C27H36N4O5. The summed E-state index contributed by atoms with van der Waals surface area (Å²) in [6, 6.07) is 15.9. The third-order valence-corrected chi connectivity index (χ3v) is 5.74. The van der Waals surface area contributed by atoms with Crippen LogP contribution in [0.3, 0.4) is 0 Å². The van der Waals surface area contributed by atoms with Gasteiger partial charge in [0.25, 0.3) is 0 Å². The summed E-state index contributed by atoms with van der Waals surface area (Å²) >= 11 is 0. The molecule has 0 saturated carbocycles. The number of hydrogen-bond acceptors (Lipinski definition) is 5. The molecule has 3 rings (SSSR count). The van der Waals surface area contributed by atoms with E-state index >= 15 is 0 Å². The number of rotatable bonds is 7. The van der Waals surface area contributed by atoms with Crippen molar-refractivity contribution in [3.05, 3.63) is 65.7 Å². The van der Waals surface area contributed by atoms with Crippen molar-refractivity contribution in [1.29, 1.82) is 0 Å². The molecule has 2 N–H and O–H groups in total. The van der Waals surface area contributed by atoms with Crippen LogP contribution in [0.2, 0.25) is 0 Å². The average molecular weight is 497 g/mol. The highest BCUT2D eigenvalue weighted by atomic mass is 16.6. The standard InChI is InChI=1S/C27H36N4O5/c1-27(2,3)36-26(34)31-16-14-30(15-17-31)25(33)29-23(18-20-8-6-5-7-9-20)24(32)28-19-21-10-12-22(35-4)13-11-21/h5-13,23H,14-19H2,1-4H3,(H,28,32)(H,29,33). The van der Waals surface area contributed by atoms with Gasteiger partial charge in [0.2, 0.25) is 5.91 Å². The minimum absolute atomic E-state index is 0.268. The molecule has 1 heterocycles. The second-order valence-electron chi connectivity index (χ2n) is 9.71. The normalized spacial score (nSPS) is 14.6. The van der Waals surface area contributed by atoms with Crippen molar-refractivity contribution >= 4 is 18.0 Å². The number of amides is 4. The molecule has 0 spiro atoms. The van der Waals surface area contributed by atoms with Crippen LogP contribution in [0.5, 0.6) is 5.75 Å². The van der Waals surface area contributed by atoms with E-state index < -0.39 is 11.6 Å². The highest BCUT2D eigenvalue weighted by Gasteiger charge is 2.29. The van der Waals surface area contributed by atoms with Gasteiger partial charge in [0.05, 0.1) is 7.11 Å². The van der Waals surface area contributed by atoms with Gasteiger partial charge in [-0.05, 0) is 44.0 Å². The number of piperazine rings is 1. The first kappa shape index (κ1) is 26.8. The Kier molecular flexibility index (Phi) is 9.16. The van der Waals surface area contributed by atoms with E-state index in [0.717, 1.165) is 16.9 Å². The molecule has 9 nitrogen and oxygen atoms in total. The average Bonchev–Trinajstić information content (AvgIpc) is 2.87. The molecule has 0 bridgehead atoms. The molecule has 0 aliphatic carbocycles. The molecule has 1 saturated heterocycles. The van der Waals surface area contributed by atoms with Crippen LogP contribution in [0.15, 0.2) is 54.6 Å². The summed E-state index contributed by atoms with van der Waals surface area (Å²) in [5.41, 5.74) is 1.29. The topological polar surface area (TPSA) is 100 Å². The number of ether oxygens (including phenoxy) is 2. The van der Waals surface area contributed by atoms with Crippen molar-refractivity contribution in [2.45, 2.75) is 45.4 Å². The van der Waals surface area contributed by atoms with Crippen molar-refractivity contribution in [3.63, 3.8) is 0 Å². The Morgan fingerprint density at radius 3 is 2.08 bits per heavy atom. The maximum Gasteiger partial charge on any atom is 0.410 e. The molecule has 194 valence electrons. The van der Waals surface area contributed by atoms with Gasteiger partial charge in [0.1, 0.15) is 17.4 Å². The zero-order valence-corrected chi connectivity index (χ0v) is 21.5. The van der Waals surface area contributed by atoms with Gasteiger partial charge in [-0.2, -0.15) is 0 Å². The summed E-state index contributed by atoms with van der Waals surface area (Å²) in [6.45, 7) is 7.25. The molecule has 1 unspecified atom stereocenters. The third-order valence-electron chi connectivity index (χ3n) is 5.74. The van der Waals surface area contributed by atoms with Crippen molar-refractivity contribution in [2.24, 2.45) is 0 Å². The van der Waals surface area contributed by atoms with E-state index in [9.17, 15) is 14.4 Å². The second-order valence-corrected chi connectivity index (χ2v) is 9.71. The number of methoxy groups -OCH3 is 1. The van der Waals surface area contributed by atoms with Crippen molar-refractivity contribution in [3.8, 4) is 5.75 Å². The fraction of sp³-hybridized carbons (Fsp3) is 0.444. The minimum atomic E-state index is -0.748. The lowest BCUT2D eigenvalue weighted by atomic mass is 10.1. The van der Waals surface area contributed by atoms with Crippen LogP contribution in [0.1, 0.15) is 31.9 Å². The van der Waals surface area contributed by atoms with E-state index in [0.29, 0.717) is 39.1 Å². The van der Waals surface area contributed by atoms with Crippen LogP contribution >= 0.6 is 0 Å². The molecule has 2 aromatic rings. The van der Waals surface area contributed by atoms with Crippen LogP contribution in [-0.4, -0.2) is 72.8 Å². The molecule has 36 heavy (non-hydrogen) atoms. The summed E-state index contributed by atoms with van der Waals surface area (Å²) in [4.78, 5) is 41.7. The van der Waals surface area contributed by atoms with Gasteiger partial charge in [-0.1, -0.05) is 42.5 Å². The third kappa shape index (κ3) is 8.18. The molecule has 1 aliphatic rings. The van der Waals surface area contributed by atoms with Crippen molar-refractivity contribution in [2.75, 3.05) is 33.3 Å². The van der Waals surface area contributed by atoms with E-state index in [1.807, 2.05) is 75.4 Å². The van der Waals surface area contributed by atoms with Crippen LogP contribution in [-0.2, 0) is 22.5 Å². The van der Waals surface area contributed by atoms with Gasteiger partial charge in [-0.3, -0.25) is 4.79 Å². The van der Waals surface area contributed by atoms with Gasteiger partial charge in [-0.25, -0.2) is 9.59 Å². The predicted octanol–water partition coefficient (Wildman–Crippen LogP) is 3.19. The number of hydrogen-bond donors (Lipinski definition) is 2. The molecule has 1 fully saturated rings. The van der Waals surface area contributed by atoms with Crippen molar-refractivity contribution in [1.82, 2.24) is 20.4 Å². The SMILES string of the molecule is COc1ccc(CNC(=O)C(Cc2ccccc2)NC(=O)N2CCN(C(=O)OC(C)(C)C)CC2)cc1. The summed E-state index contributed by atoms with van der Waals surface area (Å²) in [5.74, 6) is 0.474. The first-order chi connectivity index (χ1) is 17.1. The Balaban J connectivity index is 1.59. The Morgan fingerprint density at radius 2 is 1.50 bits per heavy atom. The lowest BCUT2D eigenvalue weighted by Crippen LogP contribution is -2.57. The summed E-state index contributed by atoms with van der Waals surface area (Å²) in [6.07, 6.45) is -0.0266. The number of carbonyl (C=O) groups excluding carboxylic acids is 3. The Hall–Kier alpha value is -3.75. The molecule has 0 aromatic heterocycles. The Bertz CT molecular complexity index is 1010. The van der Waals surface area contributed by atoms with Crippen LogP contribution in [0.4, 0.5) is 9.59 Å². The molecule has 4 amide bonds. The van der Waals surface area contributed by atoms with E-state index in [1.54, 1.807) is 16.9 Å². The molecule has 1 aliphatic heterocycles. The quantitative estimate of drug-likeness (QED) is 0.613. The fourth-order valence-corrected chi connectivity index (χ4v) is 3.77. The van der Waals surface area contributed by atoms with E-state index in [-0.39, 0.29) is 18.0 Å². The van der Waals surface area contributed by atoms with Gasteiger partial charge < -0.3 is 29.9 Å². The summed E-state index contributed by atoms with van der Waals surface area (Å²) in [7, 11) is 1.60. The number of nitrogens with one attached hydrogen (secondary N) is 2. The second kappa shape index (κ2) is 12.3. The summed E-state index contributed by atoms with van der Waals surface area (Å²) < 4.78 is 10.6. The maximum atomic E-state index is 13.1. The lowest BCUT2D eigenvalue weighted by Gasteiger charge is -2.36. The highest BCUT2D eigenvalue weighted by molar-refractivity contribution is 5.87. The first-order valence-electron chi connectivity index (χ1n) is 12.1. The predicted molar refractivity (Wildman–Crippen MR) is 137 cm³/mol. The lowest BCUT2D eigenvalue weighted by molar-refractivity contribution is -0.123. The first-order valence-corrected chi connectivity index (χ1v) is 12.1. The number of nitrogens with zero attached hydrogens (tertiary/aromatic N) is 2. The number of benzene rings is 2. The molecule has 9 heteroatoms. The van der Waals surface area contributed by atoms with Crippen LogP contribution in [0.25, 0.3) is 0 Å². The maximum absolute atomic E-state index is 13.1. The van der Waals surface area contributed by atoms with Gasteiger partial charge in [0.15, 0.2) is 0 Å². The van der Waals surface area contributed by atoms with Gasteiger partial charge in [0, 0.05) is 39.1 Å². The monoisotopic (exact) mass is 496 g/mol. The summed E-state index contributed by atoms with van der Waals surface area (Å²) in [5, 5.41) is 5.82. The molecule has 2 aromatic carbocycles. The zero-order chi connectivity index (χ0) is 26.1. The number of urea groups is 1. The molecule has 1 atom stereocenters. The Labute approximate surface area is 212 Å². The minimum Gasteiger partial charge on any atom is -0.497 e. The molecule has 0 radical (unpaired) electrons. The van der Waals surface area contributed by atoms with Gasteiger partial charge in [-0.15, -0.1) is 0 Å². The van der Waals surface area contributed by atoms with E-state index in [2.05, 4.69) is 10.6 Å². The fourth-order valence-electron chi connectivity index (χ4n) is 3.77. The van der Waals surface area contributed by atoms with E-state index in [1.165, 1.54) is 0 Å².